The summed E-state index contributed by atoms with van der Waals surface area (Å²) in [6.45, 7) is 1.69. The van der Waals surface area contributed by atoms with E-state index in [1.165, 1.54) is 54.6 Å². The molecule has 3 aromatic rings. The van der Waals surface area contributed by atoms with Crippen molar-refractivity contribution in [3.63, 3.8) is 0 Å². The maximum atomic E-state index is 13.4. The third-order valence-corrected chi connectivity index (χ3v) is 6.74. The Labute approximate surface area is 185 Å². The highest BCUT2D eigenvalue weighted by Gasteiger charge is 2.24. The highest BCUT2D eigenvalue weighted by molar-refractivity contribution is 7.95. The molecule has 3 rings (SSSR count). The first kappa shape index (κ1) is 22.9. The summed E-state index contributed by atoms with van der Waals surface area (Å²) in [5.41, 5.74) is 0.908. The van der Waals surface area contributed by atoms with Gasteiger partial charge in [-0.1, -0.05) is 31.2 Å². The number of allylic oxidation sites excluding steroid dienone is 1. The van der Waals surface area contributed by atoms with Gasteiger partial charge in [0.2, 0.25) is 9.84 Å². The van der Waals surface area contributed by atoms with E-state index >= 15 is 0 Å². The van der Waals surface area contributed by atoms with Crippen molar-refractivity contribution < 1.29 is 27.5 Å². The van der Waals surface area contributed by atoms with Crippen LogP contribution in [0.4, 0.5) is 10.1 Å². The van der Waals surface area contributed by atoms with Crippen LogP contribution in [0.15, 0.2) is 82.6 Å². The monoisotopic (exact) mass is 453 g/mol. The zero-order chi connectivity index (χ0) is 23.3. The van der Waals surface area contributed by atoms with Gasteiger partial charge >= 0.3 is 5.97 Å². The molecule has 0 unspecified atom stereocenters. The average Bonchev–Trinajstić information content (AvgIpc) is 2.78. The number of anilines is 1. The molecule has 0 heterocycles. The number of aromatic carboxylic acids is 1. The number of hydrogen-bond acceptors (Lipinski definition) is 4. The Morgan fingerprint density at radius 2 is 1.53 bits per heavy atom. The maximum Gasteiger partial charge on any atom is 0.335 e. The highest BCUT2D eigenvalue weighted by atomic mass is 32.2. The van der Waals surface area contributed by atoms with Crippen LogP contribution in [0.3, 0.4) is 0 Å². The van der Waals surface area contributed by atoms with Crippen LogP contribution in [0, 0.1) is 5.82 Å². The number of carbonyl (C=O) groups is 2. The first-order valence-corrected chi connectivity index (χ1v) is 11.2. The number of carboxylic acids is 1. The second-order valence-electron chi connectivity index (χ2n) is 6.85. The number of hydrogen-bond donors (Lipinski definition) is 2. The summed E-state index contributed by atoms with van der Waals surface area (Å²) >= 11 is 0. The van der Waals surface area contributed by atoms with Gasteiger partial charge in [-0.05, 0) is 66.6 Å². The van der Waals surface area contributed by atoms with Crippen molar-refractivity contribution in [1.82, 2.24) is 0 Å². The number of benzene rings is 3. The number of para-hydroxylation sites is 1. The molecule has 0 radical (unpaired) electrons. The largest absolute Gasteiger partial charge is 0.478 e. The summed E-state index contributed by atoms with van der Waals surface area (Å²) in [4.78, 5) is 23.6. The van der Waals surface area contributed by atoms with E-state index < -0.39 is 27.5 Å². The van der Waals surface area contributed by atoms with Crippen LogP contribution in [-0.2, 0) is 9.84 Å². The maximum absolute atomic E-state index is 13.4. The quantitative estimate of drug-likeness (QED) is 0.524. The van der Waals surface area contributed by atoms with E-state index in [9.17, 15) is 22.4 Å². The Morgan fingerprint density at radius 3 is 2.12 bits per heavy atom. The predicted octanol–water partition coefficient (Wildman–Crippen LogP) is 5.00. The molecule has 0 saturated carbocycles. The first-order chi connectivity index (χ1) is 15.2. The molecule has 1 amide bonds. The minimum absolute atomic E-state index is 0.0780. The number of carbonyl (C=O) groups excluding carboxylic acids is 1. The highest BCUT2D eigenvalue weighted by Crippen LogP contribution is 2.30. The van der Waals surface area contributed by atoms with Gasteiger partial charge < -0.3 is 10.4 Å². The fourth-order valence-electron chi connectivity index (χ4n) is 3.02. The molecule has 8 heteroatoms. The smallest absolute Gasteiger partial charge is 0.335 e. The summed E-state index contributed by atoms with van der Waals surface area (Å²) in [5, 5.41) is 11.6. The first-order valence-electron chi connectivity index (χ1n) is 9.67. The van der Waals surface area contributed by atoms with E-state index in [2.05, 4.69) is 5.32 Å². The van der Waals surface area contributed by atoms with Crippen molar-refractivity contribution >= 4 is 33.5 Å². The van der Waals surface area contributed by atoms with Gasteiger partial charge in [-0.15, -0.1) is 0 Å². The number of nitrogens with one attached hydrogen (secondary N) is 1. The van der Waals surface area contributed by atoms with E-state index in [1.807, 2.05) is 0 Å². The normalized spacial score (nSPS) is 11.8. The van der Waals surface area contributed by atoms with Crippen LogP contribution >= 0.6 is 0 Å². The minimum Gasteiger partial charge on any atom is -0.478 e. The number of halogens is 1. The molecule has 3 aromatic carbocycles. The summed E-state index contributed by atoms with van der Waals surface area (Å²) < 4.78 is 39.8. The Morgan fingerprint density at radius 1 is 0.938 bits per heavy atom. The van der Waals surface area contributed by atoms with Gasteiger partial charge in [0.15, 0.2) is 0 Å². The summed E-state index contributed by atoms with van der Waals surface area (Å²) in [5.74, 6) is -2.13. The molecule has 0 bridgehead atoms. The zero-order valence-corrected chi connectivity index (χ0v) is 17.9. The number of sulfone groups is 1. The Bertz CT molecular complexity index is 1280. The number of rotatable bonds is 7. The summed E-state index contributed by atoms with van der Waals surface area (Å²) in [7, 11) is -3.97. The van der Waals surface area contributed by atoms with Crippen molar-refractivity contribution in [2.75, 3.05) is 5.32 Å². The molecule has 0 aliphatic carbocycles. The number of amides is 1. The standard InChI is InChI=1S/C24H20FNO5S/c1-2-20(15-16-7-9-18(10-8-16)24(28)29)32(30,31)22-6-4-3-5-21(22)26-23(27)17-11-13-19(25)14-12-17/h3-15H,2H2,1H3,(H,26,27)(H,28,29). The minimum atomic E-state index is -3.97. The molecule has 0 aliphatic rings. The van der Waals surface area contributed by atoms with Gasteiger partial charge in [-0.2, -0.15) is 0 Å². The Kier molecular flexibility index (Phi) is 6.85. The van der Waals surface area contributed by atoms with Crippen LogP contribution in [0.2, 0.25) is 0 Å². The van der Waals surface area contributed by atoms with E-state index in [1.54, 1.807) is 19.1 Å². The van der Waals surface area contributed by atoms with Gasteiger partial charge in [0.1, 0.15) is 5.82 Å². The fraction of sp³-hybridized carbons (Fsp3) is 0.0833. The van der Waals surface area contributed by atoms with Crippen LogP contribution in [0.25, 0.3) is 6.08 Å². The van der Waals surface area contributed by atoms with Crippen molar-refractivity contribution in [2.24, 2.45) is 0 Å². The molecule has 164 valence electrons. The van der Waals surface area contributed by atoms with Crippen LogP contribution in [0.5, 0.6) is 0 Å². The molecule has 6 nitrogen and oxygen atoms in total. The van der Waals surface area contributed by atoms with Gasteiger partial charge in [0.25, 0.3) is 5.91 Å². The lowest BCUT2D eigenvalue weighted by Gasteiger charge is -2.13. The van der Waals surface area contributed by atoms with Crippen molar-refractivity contribution in [1.29, 1.82) is 0 Å². The average molecular weight is 453 g/mol. The lowest BCUT2D eigenvalue weighted by Crippen LogP contribution is -2.15. The number of carboxylic acid groups (broad SMARTS) is 1. The van der Waals surface area contributed by atoms with Gasteiger partial charge in [0.05, 0.1) is 16.1 Å². The molecular formula is C24H20FNO5S. The lowest BCUT2D eigenvalue weighted by molar-refractivity contribution is 0.0696. The summed E-state index contributed by atoms with van der Waals surface area (Å²) in [6.07, 6.45) is 1.66. The Hall–Kier alpha value is -3.78. The van der Waals surface area contributed by atoms with E-state index in [0.29, 0.717) is 5.56 Å². The van der Waals surface area contributed by atoms with E-state index in [4.69, 9.17) is 5.11 Å². The van der Waals surface area contributed by atoms with Gasteiger partial charge in [-0.25, -0.2) is 17.6 Å². The van der Waals surface area contributed by atoms with E-state index in [0.717, 1.165) is 12.1 Å². The topological polar surface area (TPSA) is 101 Å². The van der Waals surface area contributed by atoms with Gasteiger partial charge in [-0.3, -0.25) is 4.79 Å². The molecule has 0 aliphatic heterocycles. The van der Waals surface area contributed by atoms with Crippen molar-refractivity contribution in [3.05, 3.63) is 100 Å². The molecule has 0 aromatic heterocycles. The SMILES string of the molecule is CCC(=Cc1ccc(C(=O)O)cc1)S(=O)(=O)c1ccccc1NC(=O)c1ccc(F)cc1. The molecule has 0 spiro atoms. The third kappa shape index (κ3) is 5.09. The molecular weight excluding hydrogens is 433 g/mol. The van der Waals surface area contributed by atoms with Gasteiger partial charge in [0, 0.05) is 10.5 Å². The van der Waals surface area contributed by atoms with Crippen LogP contribution < -0.4 is 5.32 Å². The third-order valence-electron chi connectivity index (χ3n) is 4.71. The predicted molar refractivity (Wildman–Crippen MR) is 120 cm³/mol. The second-order valence-corrected chi connectivity index (χ2v) is 8.82. The second kappa shape index (κ2) is 9.57. The molecule has 0 saturated heterocycles. The molecule has 0 atom stereocenters. The van der Waals surface area contributed by atoms with Crippen molar-refractivity contribution in [2.45, 2.75) is 18.2 Å². The summed E-state index contributed by atoms with van der Waals surface area (Å²) in [6, 6.07) is 16.8. The molecule has 32 heavy (non-hydrogen) atoms. The fourth-order valence-corrected chi connectivity index (χ4v) is 4.64. The van der Waals surface area contributed by atoms with Crippen molar-refractivity contribution in [3.8, 4) is 0 Å². The van der Waals surface area contributed by atoms with Crippen LogP contribution in [-0.4, -0.2) is 25.4 Å². The van der Waals surface area contributed by atoms with Crippen LogP contribution in [0.1, 0.15) is 39.6 Å². The molecule has 0 fully saturated rings. The van der Waals surface area contributed by atoms with E-state index in [-0.39, 0.29) is 33.0 Å². The molecule has 2 N–H and O–H groups in total. The Balaban J connectivity index is 1.95. The lowest BCUT2D eigenvalue weighted by atomic mass is 10.1. The zero-order valence-electron chi connectivity index (χ0n) is 17.1.